The highest BCUT2D eigenvalue weighted by atomic mass is 14.2. The lowest BCUT2D eigenvalue weighted by molar-refractivity contribution is 0.338. The van der Waals surface area contributed by atoms with Gasteiger partial charge in [-0.3, -0.25) is 0 Å². The molecule has 0 aliphatic heterocycles. The third-order valence-electron chi connectivity index (χ3n) is 2.25. The van der Waals surface area contributed by atoms with Crippen LogP contribution in [0.15, 0.2) is 0 Å². The standard InChI is InChI=1S/C9H14/c1-3-9-6-4-8(2)5-7-9/h1,8-9H,4-7H2,2H3. The Hall–Kier alpha value is -0.440. The summed E-state index contributed by atoms with van der Waals surface area (Å²) in [5.74, 6) is 4.35. The zero-order valence-electron chi connectivity index (χ0n) is 6.06. The van der Waals surface area contributed by atoms with E-state index in [2.05, 4.69) is 12.8 Å². The highest BCUT2D eigenvalue weighted by Crippen LogP contribution is 2.27. The van der Waals surface area contributed by atoms with Gasteiger partial charge in [0, 0.05) is 5.92 Å². The van der Waals surface area contributed by atoms with E-state index < -0.39 is 0 Å². The number of hydrogen-bond donors (Lipinski definition) is 0. The molecule has 0 aromatic heterocycles. The molecule has 50 valence electrons. The molecular weight excluding hydrogens is 108 g/mol. The van der Waals surface area contributed by atoms with Gasteiger partial charge in [-0.1, -0.05) is 6.92 Å². The van der Waals surface area contributed by atoms with Crippen LogP contribution in [0.5, 0.6) is 0 Å². The molecule has 0 N–H and O–H groups in total. The molecule has 1 rings (SSSR count). The lowest BCUT2D eigenvalue weighted by atomic mass is 9.84. The third-order valence-corrected chi connectivity index (χ3v) is 2.25. The maximum atomic E-state index is 5.30. The molecule has 0 saturated heterocycles. The van der Waals surface area contributed by atoms with Crippen molar-refractivity contribution in [1.82, 2.24) is 0 Å². The normalized spacial score (nSPS) is 35.6. The molecule has 0 radical (unpaired) electrons. The second kappa shape index (κ2) is 2.92. The van der Waals surface area contributed by atoms with Crippen molar-refractivity contribution in [3.63, 3.8) is 0 Å². The van der Waals surface area contributed by atoms with Crippen LogP contribution < -0.4 is 0 Å². The highest BCUT2D eigenvalue weighted by molar-refractivity contribution is 4.94. The van der Waals surface area contributed by atoms with Crippen LogP contribution in [0.4, 0.5) is 0 Å². The topological polar surface area (TPSA) is 0 Å². The Morgan fingerprint density at radius 1 is 1.22 bits per heavy atom. The van der Waals surface area contributed by atoms with Crippen LogP contribution in [0.3, 0.4) is 0 Å². The van der Waals surface area contributed by atoms with Crippen molar-refractivity contribution in [2.45, 2.75) is 32.6 Å². The summed E-state index contributed by atoms with van der Waals surface area (Å²) in [4.78, 5) is 0. The second-order valence-corrected chi connectivity index (χ2v) is 3.12. The van der Waals surface area contributed by atoms with Crippen LogP contribution in [0.1, 0.15) is 32.6 Å². The fraction of sp³-hybridized carbons (Fsp3) is 0.778. The summed E-state index contributed by atoms with van der Waals surface area (Å²) < 4.78 is 0. The minimum absolute atomic E-state index is 0.598. The molecule has 0 heteroatoms. The summed E-state index contributed by atoms with van der Waals surface area (Å²) in [6.07, 6.45) is 10.5. The van der Waals surface area contributed by atoms with E-state index in [1.807, 2.05) is 0 Å². The summed E-state index contributed by atoms with van der Waals surface area (Å²) in [5, 5.41) is 0. The molecule has 0 aromatic carbocycles. The zero-order valence-corrected chi connectivity index (χ0v) is 6.06. The van der Waals surface area contributed by atoms with Gasteiger partial charge in [-0.2, -0.15) is 0 Å². The fourth-order valence-corrected chi connectivity index (χ4v) is 1.43. The molecule has 1 aliphatic carbocycles. The quantitative estimate of drug-likeness (QED) is 0.433. The third kappa shape index (κ3) is 1.75. The molecule has 0 amide bonds. The van der Waals surface area contributed by atoms with Crippen molar-refractivity contribution >= 4 is 0 Å². The van der Waals surface area contributed by atoms with Crippen molar-refractivity contribution in [3.8, 4) is 12.3 Å². The highest BCUT2D eigenvalue weighted by Gasteiger charge is 2.15. The van der Waals surface area contributed by atoms with Gasteiger partial charge in [0.2, 0.25) is 0 Å². The summed E-state index contributed by atoms with van der Waals surface area (Å²) in [6, 6.07) is 0. The van der Waals surface area contributed by atoms with Crippen LogP contribution >= 0.6 is 0 Å². The van der Waals surface area contributed by atoms with Crippen LogP contribution in [0, 0.1) is 24.2 Å². The minimum atomic E-state index is 0.598. The summed E-state index contributed by atoms with van der Waals surface area (Å²) in [6.45, 7) is 2.31. The van der Waals surface area contributed by atoms with Crippen LogP contribution in [0.25, 0.3) is 0 Å². The van der Waals surface area contributed by atoms with Gasteiger partial charge < -0.3 is 0 Å². The van der Waals surface area contributed by atoms with E-state index >= 15 is 0 Å². The predicted octanol–water partition coefficient (Wildman–Crippen LogP) is 2.45. The molecule has 0 aromatic rings. The summed E-state index contributed by atoms with van der Waals surface area (Å²) >= 11 is 0. The molecule has 1 saturated carbocycles. The molecular formula is C9H14. The Morgan fingerprint density at radius 3 is 2.22 bits per heavy atom. The van der Waals surface area contributed by atoms with Crippen molar-refractivity contribution in [3.05, 3.63) is 0 Å². The Bertz CT molecular complexity index is 110. The summed E-state index contributed by atoms with van der Waals surface area (Å²) in [7, 11) is 0. The first-order valence-corrected chi connectivity index (χ1v) is 3.79. The Labute approximate surface area is 57.7 Å². The molecule has 0 unspecified atom stereocenters. The minimum Gasteiger partial charge on any atom is -0.120 e. The van der Waals surface area contributed by atoms with E-state index in [9.17, 15) is 0 Å². The predicted molar refractivity (Wildman–Crippen MR) is 40.0 cm³/mol. The van der Waals surface area contributed by atoms with E-state index in [1.54, 1.807) is 0 Å². The maximum absolute atomic E-state index is 5.30. The van der Waals surface area contributed by atoms with Crippen molar-refractivity contribution in [2.24, 2.45) is 11.8 Å². The molecule has 9 heavy (non-hydrogen) atoms. The van der Waals surface area contributed by atoms with Gasteiger partial charge in [-0.25, -0.2) is 0 Å². The van der Waals surface area contributed by atoms with E-state index in [1.165, 1.54) is 25.7 Å². The van der Waals surface area contributed by atoms with E-state index in [0.717, 1.165) is 5.92 Å². The Kier molecular flexibility index (Phi) is 2.16. The lowest BCUT2D eigenvalue weighted by Crippen LogP contribution is -2.09. The fourth-order valence-electron chi connectivity index (χ4n) is 1.43. The number of rotatable bonds is 0. The van der Waals surface area contributed by atoms with Gasteiger partial charge >= 0.3 is 0 Å². The molecule has 1 fully saturated rings. The van der Waals surface area contributed by atoms with E-state index in [4.69, 9.17) is 6.42 Å². The zero-order chi connectivity index (χ0) is 6.69. The Morgan fingerprint density at radius 2 is 1.78 bits per heavy atom. The smallest absolute Gasteiger partial charge is 0.0200 e. The Balaban J connectivity index is 2.28. The molecule has 1 aliphatic rings. The molecule has 0 bridgehead atoms. The SMILES string of the molecule is C#CC1CCC(C)CC1. The number of terminal acetylenes is 1. The average molecular weight is 122 g/mol. The van der Waals surface area contributed by atoms with Crippen LogP contribution in [0.2, 0.25) is 0 Å². The first kappa shape index (κ1) is 6.68. The molecule has 0 heterocycles. The monoisotopic (exact) mass is 122 g/mol. The lowest BCUT2D eigenvalue weighted by Gasteiger charge is -2.21. The first-order chi connectivity index (χ1) is 4.33. The van der Waals surface area contributed by atoms with E-state index in [0.29, 0.717) is 5.92 Å². The first-order valence-electron chi connectivity index (χ1n) is 3.79. The van der Waals surface area contributed by atoms with Gasteiger partial charge in [-0.15, -0.1) is 12.3 Å². The van der Waals surface area contributed by atoms with Crippen LogP contribution in [-0.2, 0) is 0 Å². The van der Waals surface area contributed by atoms with Gasteiger partial charge in [0.25, 0.3) is 0 Å². The maximum Gasteiger partial charge on any atom is 0.0200 e. The summed E-state index contributed by atoms with van der Waals surface area (Å²) in [5.41, 5.74) is 0. The van der Waals surface area contributed by atoms with Crippen LogP contribution in [-0.4, -0.2) is 0 Å². The average Bonchev–Trinajstić information content (AvgIpc) is 1.90. The second-order valence-electron chi connectivity index (χ2n) is 3.12. The largest absolute Gasteiger partial charge is 0.120 e. The van der Waals surface area contributed by atoms with Gasteiger partial charge in [0.05, 0.1) is 0 Å². The molecule has 0 nitrogen and oxygen atoms in total. The molecule has 0 atom stereocenters. The molecule has 0 spiro atoms. The van der Waals surface area contributed by atoms with Gasteiger partial charge in [-0.05, 0) is 31.6 Å². The number of hydrogen-bond acceptors (Lipinski definition) is 0. The van der Waals surface area contributed by atoms with Gasteiger partial charge in [0.1, 0.15) is 0 Å². The van der Waals surface area contributed by atoms with Gasteiger partial charge in [0.15, 0.2) is 0 Å². The van der Waals surface area contributed by atoms with Crippen molar-refractivity contribution in [1.29, 1.82) is 0 Å². The van der Waals surface area contributed by atoms with E-state index in [-0.39, 0.29) is 0 Å². The van der Waals surface area contributed by atoms with Crippen molar-refractivity contribution < 1.29 is 0 Å². The van der Waals surface area contributed by atoms with Crippen molar-refractivity contribution in [2.75, 3.05) is 0 Å².